The van der Waals surface area contributed by atoms with Gasteiger partial charge < -0.3 is 14.2 Å². The summed E-state index contributed by atoms with van der Waals surface area (Å²) in [4.78, 5) is 24.8. The van der Waals surface area contributed by atoms with Crippen LogP contribution in [0.2, 0.25) is 0 Å². The second-order valence-electron chi connectivity index (χ2n) is 4.04. The summed E-state index contributed by atoms with van der Waals surface area (Å²) in [7, 11) is 2.79. The van der Waals surface area contributed by atoms with Gasteiger partial charge in [0, 0.05) is 14.1 Å². The average molecular weight is 278 g/mol. The largest absolute Gasteiger partial charge is 0.459 e. The minimum atomic E-state index is -4.59. The van der Waals surface area contributed by atoms with Gasteiger partial charge in [0.2, 0.25) is 5.91 Å². The number of amides is 2. The summed E-state index contributed by atoms with van der Waals surface area (Å²) in [5.41, 5.74) is 0. The van der Waals surface area contributed by atoms with Crippen molar-refractivity contribution < 1.29 is 27.2 Å². The number of rotatable bonds is 4. The van der Waals surface area contributed by atoms with Gasteiger partial charge in [-0.05, 0) is 12.1 Å². The van der Waals surface area contributed by atoms with E-state index in [9.17, 15) is 22.8 Å². The van der Waals surface area contributed by atoms with Gasteiger partial charge in [0.25, 0.3) is 5.91 Å². The Morgan fingerprint density at radius 3 is 2.37 bits per heavy atom. The summed E-state index contributed by atoms with van der Waals surface area (Å²) >= 11 is 0. The van der Waals surface area contributed by atoms with E-state index in [1.54, 1.807) is 0 Å². The summed E-state index contributed by atoms with van der Waals surface area (Å²) in [6, 6.07) is 2.62. The number of alkyl halides is 3. The van der Waals surface area contributed by atoms with E-state index in [1.807, 2.05) is 0 Å². The quantitative estimate of drug-likeness (QED) is 0.836. The Morgan fingerprint density at radius 1 is 1.32 bits per heavy atom. The predicted octanol–water partition coefficient (Wildman–Crippen LogP) is 1.37. The molecule has 0 N–H and O–H groups in total. The topological polar surface area (TPSA) is 53.8 Å². The van der Waals surface area contributed by atoms with Crippen molar-refractivity contribution in [2.24, 2.45) is 0 Å². The van der Waals surface area contributed by atoms with Gasteiger partial charge in [0.05, 0.1) is 6.26 Å². The molecule has 0 fully saturated rings. The van der Waals surface area contributed by atoms with Crippen LogP contribution >= 0.6 is 0 Å². The van der Waals surface area contributed by atoms with Gasteiger partial charge in [0.1, 0.15) is 13.1 Å². The number of halogens is 3. The molecule has 0 radical (unpaired) electrons. The van der Waals surface area contributed by atoms with Crippen LogP contribution in [0.25, 0.3) is 0 Å². The van der Waals surface area contributed by atoms with Crippen molar-refractivity contribution in [3.63, 3.8) is 0 Å². The fraction of sp³-hybridized carbons (Fsp3) is 0.455. The zero-order valence-electron chi connectivity index (χ0n) is 10.4. The van der Waals surface area contributed by atoms with Crippen molar-refractivity contribution in [3.8, 4) is 0 Å². The van der Waals surface area contributed by atoms with E-state index in [0.717, 1.165) is 4.90 Å². The standard InChI is InChI=1S/C11H13F3N2O3/c1-15(2)9(17)6-16(7-11(12,13)14)10(18)8-4-3-5-19-8/h3-5H,6-7H2,1-2H3. The molecule has 0 saturated heterocycles. The van der Waals surface area contributed by atoms with Crippen LogP contribution < -0.4 is 0 Å². The Balaban J connectivity index is 2.86. The second-order valence-corrected chi connectivity index (χ2v) is 4.04. The van der Waals surface area contributed by atoms with Crippen molar-refractivity contribution in [3.05, 3.63) is 24.2 Å². The molecular weight excluding hydrogens is 265 g/mol. The zero-order chi connectivity index (χ0) is 14.6. The molecule has 0 aliphatic carbocycles. The molecule has 1 heterocycles. The van der Waals surface area contributed by atoms with Crippen molar-refractivity contribution in [1.29, 1.82) is 0 Å². The van der Waals surface area contributed by atoms with Gasteiger partial charge in [-0.15, -0.1) is 0 Å². The lowest BCUT2D eigenvalue weighted by Crippen LogP contribution is -2.44. The number of carbonyl (C=O) groups excluding carboxylic acids is 2. The van der Waals surface area contributed by atoms with E-state index in [2.05, 4.69) is 0 Å². The Bertz CT molecular complexity index is 441. The van der Waals surface area contributed by atoms with Crippen molar-refractivity contribution in [2.45, 2.75) is 6.18 Å². The molecule has 0 bridgehead atoms. The van der Waals surface area contributed by atoms with Gasteiger partial charge in [-0.3, -0.25) is 9.59 Å². The van der Waals surface area contributed by atoms with Crippen LogP contribution in [0, 0.1) is 0 Å². The maximum absolute atomic E-state index is 12.4. The van der Waals surface area contributed by atoms with Gasteiger partial charge in [-0.1, -0.05) is 0 Å². The van der Waals surface area contributed by atoms with Crippen LogP contribution in [0.3, 0.4) is 0 Å². The normalized spacial score (nSPS) is 11.2. The molecule has 106 valence electrons. The monoisotopic (exact) mass is 278 g/mol. The highest BCUT2D eigenvalue weighted by atomic mass is 19.4. The summed E-state index contributed by atoms with van der Waals surface area (Å²) in [5.74, 6) is -1.82. The third-order valence-corrected chi connectivity index (χ3v) is 2.21. The van der Waals surface area contributed by atoms with E-state index in [4.69, 9.17) is 4.42 Å². The van der Waals surface area contributed by atoms with Crippen molar-refractivity contribution >= 4 is 11.8 Å². The lowest BCUT2D eigenvalue weighted by atomic mass is 10.3. The first kappa shape index (κ1) is 15.1. The highest BCUT2D eigenvalue weighted by Crippen LogP contribution is 2.18. The minimum Gasteiger partial charge on any atom is -0.459 e. The van der Waals surface area contributed by atoms with E-state index < -0.39 is 31.1 Å². The molecule has 8 heteroatoms. The van der Waals surface area contributed by atoms with Crippen LogP contribution in [-0.4, -0.2) is 55.0 Å². The highest BCUT2D eigenvalue weighted by Gasteiger charge is 2.35. The zero-order valence-corrected chi connectivity index (χ0v) is 10.4. The molecule has 19 heavy (non-hydrogen) atoms. The lowest BCUT2D eigenvalue weighted by Gasteiger charge is -2.23. The number of nitrogens with zero attached hydrogens (tertiary/aromatic N) is 2. The second kappa shape index (κ2) is 5.77. The maximum atomic E-state index is 12.4. The number of hydrogen-bond acceptors (Lipinski definition) is 3. The van der Waals surface area contributed by atoms with E-state index in [1.165, 1.54) is 32.5 Å². The fourth-order valence-electron chi connectivity index (χ4n) is 1.28. The molecule has 0 spiro atoms. The average Bonchev–Trinajstić information content (AvgIpc) is 2.78. The molecule has 0 atom stereocenters. The first-order valence-electron chi connectivity index (χ1n) is 5.30. The molecule has 2 amide bonds. The smallest absolute Gasteiger partial charge is 0.406 e. The van der Waals surface area contributed by atoms with E-state index in [-0.39, 0.29) is 5.76 Å². The third kappa shape index (κ3) is 4.65. The van der Waals surface area contributed by atoms with Crippen LogP contribution in [-0.2, 0) is 4.79 Å². The molecule has 5 nitrogen and oxygen atoms in total. The molecule has 0 saturated carbocycles. The first-order valence-corrected chi connectivity index (χ1v) is 5.30. The van der Waals surface area contributed by atoms with Crippen molar-refractivity contribution in [1.82, 2.24) is 9.80 Å². The number of hydrogen-bond donors (Lipinski definition) is 0. The summed E-state index contributed by atoms with van der Waals surface area (Å²) in [5, 5.41) is 0. The van der Waals surface area contributed by atoms with Crippen molar-refractivity contribution in [2.75, 3.05) is 27.2 Å². The van der Waals surface area contributed by atoms with Gasteiger partial charge in [0.15, 0.2) is 5.76 Å². The number of carbonyl (C=O) groups is 2. The molecule has 0 unspecified atom stereocenters. The van der Waals surface area contributed by atoms with Crippen LogP contribution in [0.1, 0.15) is 10.6 Å². The Labute approximate surface area is 107 Å². The van der Waals surface area contributed by atoms with Crippen LogP contribution in [0.4, 0.5) is 13.2 Å². The van der Waals surface area contributed by atoms with Gasteiger partial charge in [-0.25, -0.2) is 0 Å². The van der Waals surface area contributed by atoms with E-state index in [0.29, 0.717) is 4.90 Å². The summed E-state index contributed by atoms with van der Waals surface area (Å²) < 4.78 is 42.0. The molecule has 0 aromatic carbocycles. The SMILES string of the molecule is CN(C)C(=O)CN(CC(F)(F)F)C(=O)c1ccco1. The maximum Gasteiger partial charge on any atom is 0.406 e. The Morgan fingerprint density at radius 2 is 1.95 bits per heavy atom. The first-order chi connectivity index (χ1) is 8.70. The third-order valence-electron chi connectivity index (χ3n) is 2.21. The highest BCUT2D eigenvalue weighted by molar-refractivity contribution is 5.94. The van der Waals surface area contributed by atoms with Gasteiger partial charge >= 0.3 is 6.18 Å². The lowest BCUT2D eigenvalue weighted by molar-refractivity contribution is -0.146. The molecule has 1 aromatic heterocycles. The minimum absolute atomic E-state index is 0.240. The summed E-state index contributed by atoms with van der Waals surface area (Å²) in [6.07, 6.45) is -3.42. The number of likely N-dealkylation sites (N-methyl/N-ethyl adjacent to an activating group) is 1. The summed E-state index contributed by atoms with van der Waals surface area (Å²) in [6.45, 7) is -2.17. The van der Waals surface area contributed by atoms with E-state index >= 15 is 0 Å². The van der Waals surface area contributed by atoms with Gasteiger partial charge in [-0.2, -0.15) is 13.2 Å². The molecule has 1 rings (SSSR count). The molecular formula is C11H13F3N2O3. The van der Waals surface area contributed by atoms with Crippen LogP contribution in [0.15, 0.2) is 22.8 Å². The Hall–Kier alpha value is -1.99. The molecule has 0 aliphatic heterocycles. The number of furan rings is 1. The molecule has 0 aliphatic rings. The Kier molecular flexibility index (Phi) is 4.57. The fourth-order valence-corrected chi connectivity index (χ4v) is 1.28. The van der Waals surface area contributed by atoms with Crippen LogP contribution in [0.5, 0.6) is 0 Å². The predicted molar refractivity (Wildman–Crippen MR) is 59.4 cm³/mol. The molecule has 1 aromatic rings.